The summed E-state index contributed by atoms with van der Waals surface area (Å²) in [4.78, 5) is 25.0. The molecular formula is C21H21NO6. The zero-order chi connectivity index (χ0) is 20.3. The maximum Gasteiger partial charge on any atom is 0.311 e. The van der Waals surface area contributed by atoms with Crippen LogP contribution in [0, 0.1) is 11.8 Å². The van der Waals surface area contributed by atoms with E-state index >= 15 is 0 Å². The largest absolute Gasteiger partial charge is 0.494 e. The van der Waals surface area contributed by atoms with Crippen LogP contribution in [0.3, 0.4) is 0 Å². The molecule has 0 heterocycles. The van der Waals surface area contributed by atoms with E-state index < -0.39 is 34.9 Å². The molecule has 4 unspecified atom stereocenters. The minimum atomic E-state index is -1.99. The number of carboxylic acid groups (broad SMARTS) is 1. The fourth-order valence-corrected chi connectivity index (χ4v) is 4.84. The van der Waals surface area contributed by atoms with Gasteiger partial charge in [0.25, 0.3) is 0 Å². The highest BCUT2D eigenvalue weighted by molar-refractivity contribution is 5.91. The Morgan fingerprint density at radius 1 is 1.00 bits per heavy atom. The molecule has 2 aromatic carbocycles. The molecule has 4 N–H and O–H groups in total. The Morgan fingerprint density at radius 2 is 1.57 bits per heavy atom. The van der Waals surface area contributed by atoms with Gasteiger partial charge in [-0.2, -0.15) is 0 Å². The van der Waals surface area contributed by atoms with Crippen LogP contribution < -0.4 is 10.1 Å². The van der Waals surface area contributed by atoms with Gasteiger partial charge in [-0.05, 0) is 41.3 Å². The number of ether oxygens (including phenoxy) is 1. The summed E-state index contributed by atoms with van der Waals surface area (Å²) in [6, 6.07) is 11.3. The van der Waals surface area contributed by atoms with Gasteiger partial charge in [0, 0.05) is 7.05 Å². The molecular weight excluding hydrogens is 362 g/mol. The average molecular weight is 383 g/mol. The first-order chi connectivity index (χ1) is 13.3. The van der Waals surface area contributed by atoms with E-state index in [9.17, 15) is 24.9 Å². The van der Waals surface area contributed by atoms with Gasteiger partial charge in [0.15, 0.2) is 0 Å². The normalized spacial score (nSPS) is 29.6. The van der Waals surface area contributed by atoms with Crippen molar-refractivity contribution in [3.8, 4) is 5.75 Å². The smallest absolute Gasteiger partial charge is 0.311 e. The van der Waals surface area contributed by atoms with Gasteiger partial charge in [-0.1, -0.05) is 30.3 Å². The second kappa shape index (κ2) is 6.05. The Hall–Kier alpha value is -2.90. The van der Waals surface area contributed by atoms with Crippen LogP contribution in [0.4, 0.5) is 0 Å². The lowest BCUT2D eigenvalue weighted by Crippen LogP contribution is -2.65. The second-order valence-corrected chi connectivity index (χ2v) is 7.13. The molecule has 0 aromatic heterocycles. The Bertz CT molecular complexity index is 989. The Labute approximate surface area is 161 Å². The Morgan fingerprint density at radius 3 is 2.11 bits per heavy atom. The van der Waals surface area contributed by atoms with Crippen molar-refractivity contribution in [2.75, 3.05) is 13.7 Å². The zero-order valence-electron chi connectivity index (χ0n) is 15.5. The van der Waals surface area contributed by atoms with Crippen molar-refractivity contribution in [2.24, 2.45) is 11.8 Å². The summed E-state index contributed by atoms with van der Waals surface area (Å²) in [5.74, 6) is -4.54. The van der Waals surface area contributed by atoms with Gasteiger partial charge in [-0.25, -0.2) is 0 Å². The summed E-state index contributed by atoms with van der Waals surface area (Å²) in [6.07, 6.45) is 0. The minimum Gasteiger partial charge on any atom is -0.494 e. The standard InChI is InChI=1S/C21H21NO6/c1-3-28-11-8-9-14-15(10-11)21(27)13-7-5-4-6-12(13)20(14,26)16(18(23)22-2)17(21)19(24)25/h4-10,16-17,26-27H,3H2,1-2H3,(H,22,23)(H,24,25). The first-order valence-electron chi connectivity index (χ1n) is 9.08. The molecule has 2 bridgehead atoms. The van der Waals surface area contributed by atoms with Crippen LogP contribution in [0.25, 0.3) is 0 Å². The van der Waals surface area contributed by atoms with Gasteiger partial charge < -0.3 is 25.4 Å². The number of hydrogen-bond acceptors (Lipinski definition) is 5. The topological polar surface area (TPSA) is 116 Å². The van der Waals surface area contributed by atoms with Crippen molar-refractivity contribution in [1.29, 1.82) is 0 Å². The van der Waals surface area contributed by atoms with E-state index in [4.69, 9.17) is 4.74 Å². The van der Waals surface area contributed by atoms with E-state index in [0.717, 1.165) is 0 Å². The van der Waals surface area contributed by atoms with Crippen molar-refractivity contribution < 1.29 is 29.6 Å². The van der Waals surface area contributed by atoms with Gasteiger partial charge in [-0.15, -0.1) is 0 Å². The van der Waals surface area contributed by atoms with E-state index in [1.807, 2.05) is 6.92 Å². The highest BCUT2D eigenvalue weighted by Gasteiger charge is 2.69. The number of rotatable bonds is 4. The molecule has 4 atom stereocenters. The fourth-order valence-electron chi connectivity index (χ4n) is 4.84. The molecule has 0 spiro atoms. The number of amides is 1. The predicted octanol–water partition coefficient (Wildman–Crippen LogP) is 0.947. The van der Waals surface area contributed by atoms with Crippen LogP contribution in [0.1, 0.15) is 29.2 Å². The molecule has 3 aliphatic rings. The van der Waals surface area contributed by atoms with E-state index in [1.54, 1.807) is 42.5 Å². The predicted molar refractivity (Wildman–Crippen MR) is 98.7 cm³/mol. The van der Waals surface area contributed by atoms with Crippen LogP contribution >= 0.6 is 0 Å². The third kappa shape index (κ3) is 2.05. The fraction of sp³-hybridized carbons (Fsp3) is 0.333. The molecule has 3 aliphatic carbocycles. The van der Waals surface area contributed by atoms with Crippen molar-refractivity contribution in [1.82, 2.24) is 5.32 Å². The molecule has 5 rings (SSSR count). The number of fused-ring (bicyclic) bond motifs is 1. The van der Waals surface area contributed by atoms with Crippen LogP contribution in [-0.2, 0) is 20.8 Å². The van der Waals surface area contributed by atoms with Crippen LogP contribution in [-0.4, -0.2) is 40.9 Å². The number of aliphatic hydroxyl groups is 2. The lowest BCUT2D eigenvalue weighted by Gasteiger charge is -2.57. The lowest BCUT2D eigenvalue weighted by molar-refractivity contribution is -0.179. The number of carbonyl (C=O) groups excluding carboxylic acids is 1. The highest BCUT2D eigenvalue weighted by Crippen LogP contribution is 2.62. The third-order valence-corrected chi connectivity index (χ3v) is 5.90. The molecule has 2 aromatic rings. The van der Waals surface area contributed by atoms with Crippen LogP contribution in [0.2, 0.25) is 0 Å². The molecule has 0 aliphatic heterocycles. The highest BCUT2D eigenvalue weighted by atomic mass is 16.5. The van der Waals surface area contributed by atoms with E-state index in [1.165, 1.54) is 7.05 Å². The summed E-state index contributed by atoms with van der Waals surface area (Å²) in [5.41, 5.74) is -2.72. The molecule has 0 fully saturated rings. The van der Waals surface area contributed by atoms with Crippen LogP contribution in [0.15, 0.2) is 42.5 Å². The van der Waals surface area contributed by atoms with Crippen molar-refractivity contribution >= 4 is 11.9 Å². The van der Waals surface area contributed by atoms with Crippen LogP contribution in [0.5, 0.6) is 5.75 Å². The molecule has 28 heavy (non-hydrogen) atoms. The summed E-state index contributed by atoms with van der Waals surface area (Å²) in [6.45, 7) is 2.20. The van der Waals surface area contributed by atoms with Gasteiger partial charge >= 0.3 is 5.97 Å². The summed E-state index contributed by atoms with van der Waals surface area (Å²) in [5, 5.41) is 36.1. The molecule has 0 radical (unpaired) electrons. The third-order valence-electron chi connectivity index (χ3n) is 5.90. The Kier molecular flexibility index (Phi) is 3.99. The van der Waals surface area contributed by atoms with Crippen molar-refractivity contribution in [2.45, 2.75) is 18.1 Å². The number of carbonyl (C=O) groups is 2. The number of hydrogen-bond donors (Lipinski definition) is 4. The zero-order valence-corrected chi connectivity index (χ0v) is 15.5. The molecule has 1 amide bonds. The van der Waals surface area contributed by atoms with Crippen molar-refractivity contribution in [3.05, 3.63) is 64.7 Å². The molecule has 7 nitrogen and oxygen atoms in total. The monoisotopic (exact) mass is 383 g/mol. The minimum absolute atomic E-state index is 0.243. The van der Waals surface area contributed by atoms with E-state index in [2.05, 4.69) is 5.32 Å². The van der Waals surface area contributed by atoms with E-state index in [0.29, 0.717) is 23.5 Å². The first kappa shape index (κ1) is 18.5. The quantitative estimate of drug-likeness (QED) is 0.625. The maximum absolute atomic E-state index is 12.7. The second-order valence-electron chi connectivity index (χ2n) is 7.13. The SMILES string of the molecule is CCOc1ccc2c(c1)C1(O)c3ccccc3C2(O)C(C(=O)NC)C1C(=O)O. The van der Waals surface area contributed by atoms with Gasteiger partial charge in [0.05, 0.1) is 12.5 Å². The summed E-state index contributed by atoms with van der Waals surface area (Å²) >= 11 is 0. The molecule has 7 heteroatoms. The lowest BCUT2D eigenvalue weighted by atomic mass is 9.49. The first-order valence-corrected chi connectivity index (χ1v) is 9.08. The van der Waals surface area contributed by atoms with E-state index in [-0.39, 0.29) is 11.1 Å². The number of aliphatic carboxylic acids is 1. The summed E-state index contributed by atoms with van der Waals surface area (Å²) < 4.78 is 5.52. The number of benzene rings is 2. The summed E-state index contributed by atoms with van der Waals surface area (Å²) in [7, 11) is 1.38. The molecule has 146 valence electrons. The van der Waals surface area contributed by atoms with Gasteiger partial charge in [0.2, 0.25) is 5.91 Å². The maximum atomic E-state index is 12.7. The number of nitrogens with one attached hydrogen (secondary N) is 1. The molecule has 0 saturated heterocycles. The average Bonchev–Trinajstić information content (AvgIpc) is 2.69. The Balaban J connectivity index is 2.12. The van der Waals surface area contributed by atoms with Gasteiger partial charge in [-0.3, -0.25) is 9.59 Å². The molecule has 0 saturated carbocycles. The number of carboxylic acids is 1. The van der Waals surface area contributed by atoms with Crippen molar-refractivity contribution in [3.63, 3.8) is 0 Å². The van der Waals surface area contributed by atoms with Gasteiger partial charge in [0.1, 0.15) is 22.9 Å².